The molecule has 16 aromatic rings. The number of fused-ring (bicyclic) bond motifs is 23. The molecule has 0 amide bonds. The van der Waals surface area contributed by atoms with Crippen molar-refractivity contribution in [3.8, 4) is 11.4 Å². The van der Waals surface area contributed by atoms with Crippen molar-refractivity contribution in [3.05, 3.63) is 199 Å². The quantitative estimate of drug-likeness (QED) is 0.162. The van der Waals surface area contributed by atoms with Gasteiger partial charge in [-0.05, 0) is 106 Å². The highest BCUT2D eigenvalue weighted by atomic mass is 32.1. The van der Waals surface area contributed by atoms with E-state index in [0.29, 0.717) is 0 Å². The Kier molecular flexibility index (Phi) is 7.81. The van der Waals surface area contributed by atoms with Gasteiger partial charge in [-0.3, -0.25) is 0 Å². The van der Waals surface area contributed by atoms with Crippen LogP contribution >= 0.6 is 11.3 Å². The van der Waals surface area contributed by atoms with Crippen LogP contribution in [0.4, 0.5) is 17.1 Å². The highest BCUT2D eigenvalue weighted by molar-refractivity contribution is 7.33. The van der Waals surface area contributed by atoms with Gasteiger partial charge in [0.25, 0.3) is 6.71 Å². The Hall–Kier alpha value is -8.78. The molecule has 0 spiro atoms. The molecule has 0 saturated heterocycles. The number of benzene rings is 10. The lowest BCUT2D eigenvalue weighted by molar-refractivity contribution is 0.590. The van der Waals surface area contributed by atoms with Crippen LogP contribution in [0.25, 0.3) is 125 Å². The van der Waals surface area contributed by atoms with Gasteiger partial charge in [-0.1, -0.05) is 157 Å². The van der Waals surface area contributed by atoms with Crippen LogP contribution in [0.5, 0.6) is 0 Å². The van der Waals surface area contributed by atoms with Crippen molar-refractivity contribution in [2.24, 2.45) is 0 Å². The van der Waals surface area contributed by atoms with Gasteiger partial charge in [0.1, 0.15) is 11.2 Å². The summed E-state index contributed by atoms with van der Waals surface area (Å²) in [6.45, 7) is 13.9. The van der Waals surface area contributed by atoms with Crippen molar-refractivity contribution in [2.75, 3.05) is 4.90 Å². The Morgan fingerprint density at radius 3 is 1.87 bits per heavy atom. The molecule has 6 aromatic heterocycles. The summed E-state index contributed by atoms with van der Waals surface area (Å²) in [5, 5.41) is 13.6. The maximum atomic E-state index is 6.88. The van der Waals surface area contributed by atoms with Crippen molar-refractivity contribution in [3.63, 3.8) is 0 Å². The summed E-state index contributed by atoms with van der Waals surface area (Å²) in [6.07, 6.45) is 0. The van der Waals surface area contributed by atoms with E-state index in [1.807, 2.05) is 11.3 Å². The molecule has 0 unspecified atom stereocenters. The largest absolute Gasteiger partial charge is 0.455 e. The summed E-state index contributed by atoms with van der Waals surface area (Å²) in [5.41, 5.74) is 21.7. The van der Waals surface area contributed by atoms with Crippen LogP contribution in [0.15, 0.2) is 192 Å². The molecule has 0 fully saturated rings. The number of anilines is 3. The monoisotopic (exact) mass is 1000 g/mol. The van der Waals surface area contributed by atoms with Gasteiger partial charge in [0, 0.05) is 85.9 Å². The van der Waals surface area contributed by atoms with Crippen molar-refractivity contribution in [1.82, 2.24) is 13.5 Å². The molecule has 5 nitrogen and oxygen atoms in total. The molecule has 18 rings (SSSR count). The molecule has 0 radical (unpaired) electrons. The molecule has 2 aliphatic rings. The molecular weight excluding hydrogens is 956 g/mol. The molecule has 7 heteroatoms. The first-order valence-electron chi connectivity index (χ1n) is 27.1. The van der Waals surface area contributed by atoms with Crippen LogP contribution in [0.3, 0.4) is 0 Å². The topological polar surface area (TPSA) is 30.7 Å². The minimum Gasteiger partial charge on any atom is -0.455 e. The van der Waals surface area contributed by atoms with Crippen LogP contribution < -0.4 is 20.6 Å². The van der Waals surface area contributed by atoms with E-state index in [9.17, 15) is 0 Å². The summed E-state index contributed by atoms with van der Waals surface area (Å²) in [5.74, 6) is 0. The Bertz CT molecular complexity index is 5320. The fraction of sp³-hybridized carbons (Fsp3) is 0.114. The number of hydrogen-bond acceptors (Lipinski definition) is 3. The van der Waals surface area contributed by atoms with Crippen molar-refractivity contribution < 1.29 is 4.42 Å². The summed E-state index contributed by atoms with van der Waals surface area (Å²) < 4.78 is 17.3. The molecule has 364 valence electrons. The van der Waals surface area contributed by atoms with E-state index in [1.54, 1.807) is 0 Å². The average molecular weight is 1010 g/mol. The van der Waals surface area contributed by atoms with E-state index in [-0.39, 0.29) is 17.5 Å². The van der Waals surface area contributed by atoms with Gasteiger partial charge in [0.2, 0.25) is 0 Å². The van der Waals surface area contributed by atoms with E-state index in [4.69, 9.17) is 4.42 Å². The lowest BCUT2D eigenvalue weighted by Gasteiger charge is -2.39. The van der Waals surface area contributed by atoms with E-state index in [2.05, 4.69) is 248 Å². The van der Waals surface area contributed by atoms with Gasteiger partial charge >= 0.3 is 0 Å². The second-order valence-corrected chi connectivity index (χ2v) is 25.1. The predicted molar refractivity (Wildman–Crippen MR) is 329 cm³/mol. The van der Waals surface area contributed by atoms with Gasteiger partial charge < -0.3 is 22.9 Å². The van der Waals surface area contributed by atoms with Crippen LogP contribution in [-0.2, 0) is 10.8 Å². The van der Waals surface area contributed by atoms with Crippen LogP contribution in [-0.4, -0.2) is 20.2 Å². The zero-order chi connectivity index (χ0) is 51.1. The predicted octanol–water partition coefficient (Wildman–Crippen LogP) is 17.4. The number of para-hydroxylation sites is 5. The van der Waals surface area contributed by atoms with Crippen molar-refractivity contribution in [2.45, 2.75) is 52.4 Å². The third kappa shape index (κ3) is 5.26. The lowest BCUT2D eigenvalue weighted by Crippen LogP contribution is -2.59. The summed E-state index contributed by atoms with van der Waals surface area (Å²) in [6, 6.07) is 71.6. The van der Waals surface area contributed by atoms with Gasteiger partial charge in [-0.25, -0.2) is 0 Å². The molecule has 0 saturated carbocycles. The van der Waals surface area contributed by atoms with Crippen molar-refractivity contribution in [1.29, 1.82) is 0 Å². The fourth-order valence-corrected chi connectivity index (χ4v) is 15.7. The number of nitrogens with zero attached hydrogens (tertiary/aromatic N) is 4. The van der Waals surface area contributed by atoms with Crippen molar-refractivity contribution >= 4 is 165 Å². The third-order valence-corrected chi connectivity index (χ3v) is 19.1. The summed E-state index contributed by atoms with van der Waals surface area (Å²) >= 11 is 1.98. The first-order valence-corrected chi connectivity index (χ1v) is 27.9. The Morgan fingerprint density at radius 2 is 1.06 bits per heavy atom. The van der Waals surface area contributed by atoms with Crippen LogP contribution in [0, 0.1) is 0 Å². The molecular formula is C70H49BN4OS. The number of furan rings is 1. The van der Waals surface area contributed by atoms with Crippen LogP contribution in [0.1, 0.15) is 52.7 Å². The maximum absolute atomic E-state index is 6.88. The second kappa shape index (κ2) is 14.2. The third-order valence-electron chi connectivity index (χ3n) is 17.8. The molecule has 8 heterocycles. The average Bonchev–Trinajstić information content (AvgIpc) is 4.50. The van der Waals surface area contributed by atoms with Gasteiger partial charge in [-0.15, -0.1) is 11.3 Å². The smallest absolute Gasteiger partial charge is 0.264 e. The number of hydrogen-bond donors (Lipinski definition) is 0. The van der Waals surface area contributed by atoms with Gasteiger partial charge in [-0.2, -0.15) is 0 Å². The number of aromatic nitrogens is 3. The fourth-order valence-electron chi connectivity index (χ4n) is 14.4. The zero-order valence-corrected chi connectivity index (χ0v) is 44.4. The summed E-state index contributed by atoms with van der Waals surface area (Å²) in [4.78, 5) is 2.64. The molecule has 0 N–H and O–H groups in total. The molecule has 10 aromatic carbocycles. The minimum absolute atomic E-state index is 0.000922. The Balaban J connectivity index is 1.03. The SMILES string of the molecule is CC(C)(C)c1ccc(N2c3cc(-n4c5ccccc5c5c6oc7ccccc7c6ccc54)cc4c3B(c3sc5ccc(C(C)(C)C)cc5c32)c2cccc3c5c(ccc6c7cccc8c9ccccc9n(c87)c65)n-4c23)cc1. The minimum atomic E-state index is -0.0369. The van der Waals surface area contributed by atoms with E-state index >= 15 is 0 Å². The standard InChI is InChI=1S/C70H49BN4OS/c1-69(2,3)38-25-28-40(29-26-38)73-56-36-41(72-53-23-11-8-17-48(53)61-55(72)33-31-47-43-16-9-12-24-58(43)76-67(47)61)37-57-62(56)71(68-66(73)50-35-39(70(4,5)6)27-34-59(50)77-68)51-21-14-20-49-60-54(74(57)64(49)51)32-30-46-45-19-13-18-44-42-15-7-10-22-52(42)75(63(44)45)65(46)60/h7-37H,1-6H3. The van der Waals surface area contributed by atoms with Crippen LogP contribution in [0.2, 0.25) is 0 Å². The van der Waals surface area contributed by atoms with Gasteiger partial charge in [0.15, 0.2) is 0 Å². The molecule has 2 aliphatic heterocycles. The molecule has 0 atom stereocenters. The first-order chi connectivity index (χ1) is 37.5. The first kappa shape index (κ1) is 42.4. The Labute approximate surface area is 447 Å². The summed E-state index contributed by atoms with van der Waals surface area (Å²) in [7, 11) is 0. The van der Waals surface area contributed by atoms with E-state index in [1.165, 1.54) is 119 Å². The molecule has 0 aliphatic carbocycles. The number of thiophene rings is 1. The highest BCUT2D eigenvalue weighted by Gasteiger charge is 2.45. The van der Waals surface area contributed by atoms with E-state index < -0.39 is 0 Å². The Morgan fingerprint density at radius 1 is 0.429 bits per heavy atom. The highest BCUT2D eigenvalue weighted by Crippen LogP contribution is 2.51. The zero-order valence-electron chi connectivity index (χ0n) is 43.6. The van der Waals surface area contributed by atoms with E-state index in [0.717, 1.165) is 49.7 Å². The molecule has 0 bridgehead atoms. The molecule has 77 heavy (non-hydrogen) atoms. The van der Waals surface area contributed by atoms with Gasteiger partial charge in [0.05, 0.1) is 49.9 Å². The normalized spacial score (nSPS) is 13.8. The second-order valence-electron chi connectivity index (χ2n) is 24.0. The lowest BCUT2D eigenvalue weighted by atomic mass is 9.36. The maximum Gasteiger partial charge on any atom is 0.264 e. The number of rotatable bonds is 2.